The summed E-state index contributed by atoms with van der Waals surface area (Å²) in [5.74, 6) is 1.06. The molecule has 2 aliphatic carbocycles. The van der Waals surface area contributed by atoms with Gasteiger partial charge in [-0.15, -0.1) is 0 Å². The lowest BCUT2D eigenvalue weighted by molar-refractivity contribution is -0.140. The third-order valence-electron chi connectivity index (χ3n) is 7.45. The average Bonchev–Trinajstić information content (AvgIpc) is 3.42. The van der Waals surface area contributed by atoms with Crippen molar-refractivity contribution < 1.29 is 24.5 Å². The summed E-state index contributed by atoms with van der Waals surface area (Å²) in [4.78, 5) is 11.5. The van der Waals surface area contributed by atoms with Crippen molar-refractivity contribution in [1.82, 2.24) is 0 Å². The molecule has 3 fully saturated rings. The molecule has 0 bridgehead atoms. The predicted molar refractivity (Wildman–Crippen MR) is 116 cm³/mol. The SMILES string of the molecule is COC(=O)CCCC(Br)C1C[C@@H]2[C@@H](C=C[C@H](O)C(C)C3CCCC3)[C@H](O)C[C@H]2O1. The van der Waals surface area contributed by atoms with Crippen molar-refractivity contribution in [2.75, 3.05) is 7.11 Å². The first kappa shape index (κ1) is 23.2. The number of alkyl halides is 1. The van der Waals surface area contributed by atoms with Gasteiger partial charge in [-0.1, -0.05) is 60.7 Å². The molecule has 1 saturated heterocycles. The number of aliphatic hydroxyl groups is 2. The first-order valence-corrected chi connectivity index (χ1v) is 12.2. The Kier molecular flexibility index (Phi) is 8.61. The average molecular weight is 473 g/mol. The van der Waals surface area contributed by atoms with Gasteiger partial charge >= 0.3 is 5.97 Å². The number of hydrogen-bond donors (Lipinski definition) is 2. The van der Waals surface area contributed by atoms with Gasteiger partial charge < -0.3 is 19.7 Å². The molecule has 6 heteroatoms. The van der Waals surface area contributed by atoms with Crippen LogP contribution in [0.5, 0.6) is 0 Å². The van der Waals surface area contributed by atoms with Crippen LogP contribution in [-0.2, 0) is 14.3 Å². The zero-order valence-corrected chi connectivity index (χ0v) is 19.3. The van der Waals surface area contributed by atoms with E-state index in [-0.39, 0.29) is 34.8 Å². The van der Waals surface area contributed by atoms with Gasteiger partial charge in [0.2, 0.25) is 0 Å². The second-order valence-corrected chi connectivity index (χ2v) is 10.4. The summed E-state index contributed by atoms with van der Waals surface area (Å²) in [6.07, 6.45) is 12.0. The molecule has 1 heterocycles. The van der Waals surface area contributed by atoms with Gasteiger partial charge in [-0.05, 0) is 37.0 Å². The number of carbonyl (C=O) groups is 1. The molecule has 0 aromatic heterocycles. The molecule has 0 aromatic rings. The number of rotatable bonds is 9. The van der Waals surface area contributed by atoms with Gasteiger partial charge in [0.15, 0.2) is 0 Å². The number of esters is 1. The van der Waals surface area contributed by atoms with E-state index in [4.69, 9.17) is 9.47 Å². The lowest BCUT2D eigenvalue weighted by Gasteiger charge is -2.24. The number of methoxy groups -OCH3 is 1. The van der Waals surface area contributed by atoms with Crippen LogP contribution in [0.1, 0.15) is 64.7 Å². The molecular weight excluding hydrogens is 436 g/mol. The first-order chi connectivity index (χ1) is 13.9. The smallest absolute Gasteiger partial charge is 0.305 e. The second-order valence-electron chi connectivity index (χ2n) is 9.26. The van der Waals surface area contributed by atoms with Crippen molar-refractivity contribution in [2.24, 2.45) is 23.7 Å². The number of aliphatic hydroxyl groups excluding tert-OH is 2. The molecule has 29 heavy (non-hydrogen) atoms. The number of halogens is 1. The summed E-state index contributed by atoms with van der Waals surface area (Å²) in [5, 5.41) is 21.2. The summed E-state index contributed by atoms with van der Waals surface area (Å²) < 4.78 is 10.9. The van der Waals surface area contributed by atoms with E-state index in [0.29, 0.717) is 24.7 Å². The molecule has 5 nitrogen and oxygen atoms in total. The Bertz CT molecular complexity index is 561. The molecule has 166 valence electrons. The largest absolute Gasteiger partial charge is 0.469 e. The van der Waals surface area contributed by atoms with E-state index < -0.39 is 12.2 Å². The number of carbonyl (C=O) groups excluding carboxylic acids is 1. The van der Waals surface area contributed by atoms with E-state index in [9.17, 15) is 15.0 Å². The van der Waals surface area contributed by atoms with Crippen molar-refractivity contribution in [1.29, 1.82) is 0 Å². The van der Waals surface area contributed by atoms with E-state index in [1.165, 1.54) is 32.8 Å². The molecular formula is C23H37BrO5. The van der Waals surface area contributed by atoms with Crippen molar-refractivity contribution >= 4 is 21.9 Å². The third-order valence-corrected chi connectivity index (χ3v) is 8.50. The van der Waals surface area contributed by atoms with Crippen LogP contribution in [0.25, 0.3) is 0 Å². The molecule has 3 aliphatic rings. The van der Waals surface area contributed by atoms with E-state index in [1.54, 1.807) is 0 Å². The fourth-order valence-corrected chi connectivity index (χ4v) is 6.19. The molecule has 0 radical (unpaired) electrons. The molecule has 1 aliphatic heterocycles. The lowest BCUT2D eigenvalue weighted by atomic mass is 9.85. The van der Waals surface area contributed by atoms with Crippen molar-refractivity contribution in [3.05, 3.63) is 12.2 Å². The fourth-order valence-electron chi connectivity index (χ4n) is 5.53. The van der Waals surface area contributed by atoms with Gasteiger partial charge in [-0.2, -0.15) is 0 Å². The third kappa shape index (κ3) is 5.84. The minimum Gasteiger partial charge on any atom is -0.469 e. The van der Waals surface area contributed by atoms with Crippen LogP contribution in [-0.4, -0.2) is 52.5 Å². The molecule has 0 aromatic carbocycles. The van der Waals surface area contributed by atoms with Crippen LogP contribution in [0.2, 0.25) is 0 Å². The standard InChI is InChI=1S/C23H37BrO5/c1-14(15-6-3-4-7-15)19(25)11-10-16-17-12-22(29-21(17)13-20(16)26)18(24)8-5-9-23(27)28-2/h10-11,14-22,25-26H,3-9,12-13H2,1-2H3/t14?,16-,17-,18?,19+,20-,21-,22?/m1/s1. The lowest BCUT2D eigenvalue weighted by Crippen LogP contribution is -2.25. The second kappa shape index (κ2) is 10.7. The summed E-state index contributed by atoms with van der Waals surface area (Å²) in [6, 6.07) is 0. The van der Waals surface area contributed by atoms with Crippen LogP contribution in [0.15, 0.2) is 12.2 Å². The molecule has 0 spiro atoms. The maximum Gasteiger partial charge on any atom is 0.305 e. The zero-order chi connectivity index (χ0) is 21.0. The maximum absolute atomic E-state index is 11.3. The highest BCUT2D eigenvalue weighted by Gasteiger charge is 2.49. The van der Waals surface area contributed by atoms with Gasteiger partial charge in [0, 0.05) is 23.6 Å². The van der Waals surface area contributed by atoms with Gasteiger partial charge in [0.25, 0.3) is 0 Å². The first-order valence-electron chi connectivity index (χ1n) is 11.3. The molecule has 8 atom stereocenters. The predicted octanol–water partition coefficient (Wildman–Crippen LogP) is 3.99. The van der Waals surface area contributed by atoms with Crippen molar-refractivity contribution in [3.8, 4) is 0 Å². The van der Waals surface area contributed by atoms with Crippen LogP contribution in [0, 0.1) is 23.7 Å². The zero-order valence-electron chi connectivity index (χ0n) is 17.7. The summed E-state index contributed by atoms with van der Waals surface area (Å²) in [5.41, 5.74) is 0. The van der Waals surface area contributed by atoms with Gasteiger partial charge in [0.1, 0.15) is 0 Å². The number of hydrogen-bond acceptors (Lipinski definition) is 5. The Hall–Kier alpha value is -0.430. The Morgan fingerprint density at radius 3 is 2.72 bits per heavy atom. The van der Waals surface area contributed by atoms with E-state index in [1.807, 2.05) is 6.08 Å². The normalized spacial score (nSPS) is 35.7. The fraction of sp³-hybridized carbons (Fsp3) is 0.870. The highest BCUT2D eigenvalue weighted by molar-refractivity contribution is 9.09. The molecule has 0 amide bonds. The highest BCUT2D eigenvalue weighted by atomic mass is 79.9. The Balaban J connectivity index is 1.50. The monoisotopic (exact) mass is 472 g/mol. The van der Waals surface area contributed by atoms with Gasteiger partial charge in [0.05, 0.1) is 31.5 Å². The highest BCUT2D eigenvalue weighted by Crippen LogP contribution is 2.46. The summed E-state index contributed by atoms with van der Waals surface area (Å²) in [6.45, 7) is 2.15. The summed E-state index contributed by atoms with van der Waals surface area (Å²) in [7, 11) is 1.42. The van der Waals surface area contributed by atoms with E-state index in [0.717, 1.165) is 19.3 Å². The Morgan fingerprint density at radius 2 is 2.03 bits per heavy atom. The van der Waals surface area contributed by atoms with Crippen LogP contribution >= 0.6 is 15.9 Å². The van der Waals surface area contributed by atoms with Crippen LogP contribution in [0.4, 0.5) is 0 Å². The van der Waals surface area contributed by atoms with E-state index in [2.05, 4.69) is 28.9 Å². The number of ether oxygens (including phenoxy) is 2. The quantitative estimate of drug-likeness (QED) is 0.301. The van der Waals surface area contributed by atoms with Crippen LogP contribution < -0.4 is 0 Å². The Morgan fingerprint density at radius 1 is 1.31 bits per heavy atom. The Labute approximate surface area is 183 Å². The maximum atomic E-state index is 11.3. The molecule has 2 saturated carbocycles. The van der Waals surface area contributed by atoms with Crippen molar-refractivity contribution in [3.63, 3.8) is 0 Å². The topological polar surface area (TPSA) is 76.0 Å². The molecule has 3 rings (SSSR count). The van der Waals surface area contributed by atoms with Gasteiger partial charge in [-0.3, -0.25) is 4.79 Å². The van der Waals surface area contributed by atoms with Crippen LogP contribution in [0.3, 0.4) is 0 Å². The van der Waals surface area contributed by atoms with Crippen molar-refractivity contribution in [2.45, 2.75) is 94.0 Å². The van der Waals surface area contributed by atoms with E-state index >= 15 is 0 Å². The molecule has 2 N–H and O–H groups in total. The number of fused-ring (bicyclic) bond motifs is 1. The minimum absolute atomic E-state index is 0.0465. The molecule has 3 unspecified atom stereocenters. The minimum atomic E-state index is -0.440. The summed E-state index contributed by atoms with van der Waals surface area (Å²) >= 11 is 3.74. The van der Waals surface area contributed by atoms with Gasteiger partial charge in [-0.25, -0.2) is 0 Å².